The average Bonchev–Trinajstić information content (AvgIpc) is 2.51. The summed E-state index contributed by atoms with van der Waals surface area (Å²) >= 11 is 0. The van der Waals surface area contributed by atoms with Crippen LogP contribution in [0.4, 0.5) is 11.5 Å². The molecule has 0 aromatic carbocycles. The molecule has 0 saturated heterocycles. The number of aryl methyl sites for hydroxylation is 1. The van der Waals surface area contributed by atoms with Crippen LogP contribution < -0.4 is 11.1 Å². The van der Waals surface area contributed by atoms with Crippen molar-refractivity contribution in [2.75, 3.05) is 18.1 Å². The Morgan fingerprint density at radius 2 is 1.90 bits per heavy atom. The van der Waals surface area contributed by atoms with Gasteiger partial charge in [0.05, 0.1) is 17.4 Å². The lowest BCUT2D eigenvalue weighted by atomic mass is 9.96. The first kappa shape index (κ1) is 13.3. The highest BCUT2D eigenvalue weighted by Crippen LogP contribution is 2.33. The first-order valence-corrected chi connectivity index (χ1v) is 6.76. The smallest absolute Gasteiger partial charge is 0.127 e. The molecule has 3 aromatic heterocycles. The largest absolute Gasteiger partial charge is 0.397 e. The van der Waals surface area contributed by atoms with E-state index >= 15 is 0 Å². The fourth-order valence-corrected chi connectivity index (χ4v) is 2.54. The van der Waals surface area contributed by atoms with Crippen molar-refractivity contribution in [3.8, 4) is 11.1 Å². The molecule has 0 spiro atoms. The molecule has 5 heteroatoms. The molecule has 0 unspecified atom stereocenters. The van der Waals surface area contributed by atoms with Gasteiger partial charge in [-0.05, 0) is 31.0 Å². The third-order valence-electron chi connectivity index (χ3n) is 3.72. The van der Waals surface area contributed by atoms with E-state index in [1.165, 1.54) is 0 Å². The molecule has 0 atom stereocenters. The maximum atomic E-state index is 6.01. The van der Waals surface area contributed by atoms with Gasteiger partial charge in [-0.3, -0.25) is 9.97 Å². The second-order valence-corrected chi connectivity index (χ2v) is 4.99. The molecule has 0 fully saturated rings. The van der Waals surface area contributed by atoms with Crippen LogP contribution in [-0.2, 0) is 0 Å². The predicted molar refractivity (Wildman–Crippen MR) is 86.2 cm³/mol. The first-order valence-electron chi connectivity index (χ1n) is 6.76. The van der Waals surface area contributed by atoms with E-state index in [0.717, 1.165) is 39.1 Å². The molecule has 3 rings (SSSR count). The SMILES string of the molecule is CNc1cc2nccc(-c3c(C)ncc(N)c3C)c2cn1. The summed E-state index contributed by atoms with van der Waals surface area (Å²) < 4.78 is 0. The Kier molecular flexibility index (Phi) is 3.17. The standard InChI is InChI=1S/C16H17N5/c1-9-13(17)8-20-10(2)16(9)11-4-5-19-14-6-15(18-3)21-7-12(11)14/h4-8H,17H2,1-3H3,(H,18,21). The average molecular weight is 279 g/mol. The summed E-state index contributed by atoms with van der Waals surface area (Å²) in [6, 6.07) is 3.92. The molecular weight excluding hydrogens is 262 g/mol. The molecular formula is C16H17N5. The minimum atomic E-state index is 0.695. The molecule has 106 valence electrons. The van der Waals surface area contributed by atoms with Gasteiger partial charge in [-0.1, -0.05) is 0 Å². The summed E-state index contributed by atoms with van der Waals surface area (Å²) in [6.45, 7) is 4.00. The van der Waals surface area contributed by atoms with Crippen LogP contribution in [0, 0.1) is 13.8 Å². The molecule has 5 nitrogen and oxygen atoms in total. The van der Waals surface area contributed by atoms with Gasteiger partial charge in [0.15, 0.2) is 0 Å². The van der Waals surface area contributed by atoms with E-state index in [9.17, 15) is 0 Å². The molecule has 0 amide bonds. The van der Waals surface area contributed by atoms with Crippen LogP contribution in [0.3, 0.4) is 0 Å². The molecule has 0 saturated carbocycles. The van der Waals surface area contributed by atoms with E-state index < -0.39 is 0 Å². The maximum absolute atomic E-state index is 6.01. The number of nitrogens with two attached hydrogens (primary N) is 1. The van der Waals surface area contributed by atoms with Crippen LogP contribution in [0.1, 0.15) is 11.3 Å². The monoisotopic (exact) mass is 279 g/mol. The van der Waals surface area contributed by atoms with E-state index in [-0.39, 0.29) is 0 Å². The quantitative estimate of drug-likeness (QED) is 0.754. The maximum Gasteiger partial charge on any atom is 0.127 e. The molecule has 0 radical (unpaired) electrons. The molecule has 21 heavy (non-hydrogen) atoms. The predicted octanol–water partition coefficient (Wildman–Crippen LogP) is 2.93. The van der Waals surface area contributed by atoms with Gasteiger partial charge in [0.1, 0.15) is 5.82 Å². The Morgan fingerprint density at radius 1 is 1.10 bits per heavy atom. The van der Waals surface area contributed by atoms with E-state index in [1.54, 1.807) is 12.4 Å². The van der Waals surface area contributed by atoms with Crippen LogP contribution in [0.5, 0.6) is 0 Å². The van der Waals surface area contributed by atoms with Crippen molar-refractivity contribution in [1.82, 2.24) is 15.0 Å². The van der Waals surface area contributed by atoms with Crippen LogP contribution in [0.15, 0.2) is 30.7 Å². The molecule has 3 N–H and O–H groups in total. The van der Waals surface area contributed by atoms with Gasteiger partial charge in [0.25, 0.3) is 0 Å². The second kappa shape index (κ2) is 5.01. The normalized spacial score (nSPS) is 10.8. The number of nitrogens with zero attached hydrogens (tertiary/aromatic N) is 3. The highest BCUT2D eigenvalue weighted by molar-refractivity contribution is 5.96. The lowest BCUT2D eigenvalue weighted by molar-refractivity contribution is 1.18. The van der Waals surface area contributed by atoms with Gasteiger partial charge in [-0.2, -0.15) is 0 Å². The summed E-state index contributed by atoms with van der Waals surface area (Å²) in [4.78, 5) is 13.2. The van der Waals surface area contributed by atoms with E-state index in [0.29, 0.717) is 5.69 Å². The summed E-state index contributed by atoms with van der Waals surface area (Å²) in [5.74, 6) is 0.797. The van der Waals surface area contributed by atoms with E-state index in [2.05, 4.69) is 20.3 Å². The van der Waals surface area contributed by atoms with E-state index in [4.69, 9.17) is 5.73 Å². The number of anilines is 2. The van der Waals surface area contributed by atoms with E-state index in [1.807, 2.05) is 39.2 Å². The number of hydrogen-bond acceptors (Lipinski definition) is 5. The molecule has 0 aliphatic heterocycles. The van der Waals surface area contributed by atoms with Crippen LogP contribution >= 0.6 is 0 Å². The van der Waals surface area contributed by atoms with Crippen molar-refractivity contribution in [2.24, 2.45) is 0 Å². The minimum Gasteiger partial charge on any atom is -0.397 e. The summed E-state index contributed by atoms with van der Waals surface area (Å²) in [5.41, 5.74) is 11.7. The van der Waals surface area contributed by atoms with Crippen molar-refractivity contribution in [3.05, 3.63) is 42.0 Å². The van der Waals surface area contributed by atoms with Crippen molar-refractivity contribution in [3.63, 3.8) is 0 Å². The van der Waals surface area contributed by atoms with Gasteiger partial charge in [0.2, 0.25) is 0 Å². The minimum absolute atomic E-state index is 0.695. The zero-order chi connectivity index (χ0) is 15.0. The van der Waals surface area contributed by atoms with Crippen LogP contribution in [0.25, 0.3) is 22.0 Å². The zero-order valence-electron chi connectivity index (χ0n) is 12.3. The number of fused-ring (bicyclic) bond motifs is 1. The van der Waals surface area contributed by atoms with Gasteiger partial charge in [-0.15, -0.1) is 0 Å². The van der Waals surface area contributed by atoms with Crippen LogP contribution in [0.2, 0.25) is 0 Å². The third-order valence-corrected chi connectivity index (χ3v) is 3.72. The Hall–Kier alpha value is -2.69. The van der Waals surface area contributed by atoms with Gasteiger partial charge < -0.3 is 11.1 Å². The van der Waals surface area contributed by atoms with Crippen molar-refractivity contribution in [2.45, 2.75) is 13.8 Å². The summed E-state index contributed by atoms with van der Waals surface area (Å²) in [5, 5.41) is 4.02. The first-order chi connectivity index (χ1) is 10.1. The Bertz CT molecular complexity index is 826. The van der Waals surface area contributed by atoms with Gasteiger partial charge >= 0.3 is 0 Å². The Morgan fingerprint density at radius 3 is 2.67 bits per heavy atom. The summed E-state index contributed by atoms with van der Waals surface area (Å²) in [6.07, 6.45) is 5.35. The number of rotatable bonds is 2. The number of nitrogen functional groups attached to an aromatic ring is 1. The third kappa shape index (κ3) is 2.16. The lowest BCUT2D eigenvalue weighted by Crippen LogP contribution is -1.99. The molecule has 0 aliphatic carbocycles. The number of nitrogens with one attached hydrogen (secondary N) is 1. The summed E-state index contributed by atoms with van der Waals surface area (Å²) in [7, 11) is 1.84. The van der Waals surface area contributed by atoms with Crippen LogP contribution in [-0.4, -0.2) is 22.0 Å². The zero-order valence-corrected chi connectivity index (χ0v) is 12.3. The topological polar surface area (TPSA) is 76.7 Å². The molecule has 0 bridgehead atoms. The molecule has 0 aliphatic rings. The molecule has 3 heterocycles. The van der Waals surface area contributed by atoms with Gasteiger partial charge in [-0.25, -0.2) is 4.98 Å². The fourth-order valence-electron chi connectivity index (χ4n) is 2.54. The highest BCUT2D eigenvalue weighted by Gasteiger charge is 2.13. The van der Waals surface area contributed by atoms with Crippen molar-refractivity contribution < 1.29 is 0 Å². The van der Waals surface area contributed by atoms with Crippen molar-refractivity contribution >= 4 is 22.4 Å². The second-order valence-electron chi connectivity index (χ2n) is 4.99. The molecule has 3 aromatic rings. The number of pyridine rings is 3. The number of aromatic nitrogens is 3. The highest BCUT2D eigenvalue weighted by atomic mass is 15.0. The lowest BCUT2D eigenvalue weighted by Gasteiger charge is -2.13. The fraction of sp³-hybridized carbons (Fsp3) is 0.188. The Balaban J connectivity index is 2.34. The number of hydrogen-bond donors (Lipinski definition) is 2. The van der Waals surface area contributed by atoms with Gasteiger partial charge in [0, 0.05) is 42.2 Å². The Labute approximate surface area is 123 Å². The van der Waals surface area contributed by atoms with Crippen molar-refractivity contribution in [1.29, 1.82) is 0 Å².